The Labute approximate surface area is 138 Å². The fourth-order valence-corrected chi connectivity index (χ4v) is 2.64. The van der Waals surface area contributed by atoms with Gasteiger partial charge in [0.1, 0.15) is 6.54 Å². The van der Waals surface area contributed by atoms with Crippen LogP contribution >= 0.6 is 11.6 Å². The molecule has 0 saturated carbocycles. The van der Waals surface area contributed by atoms with Crippen molar-refractivity contribution in [1.29, 1.82) is 0 Å². The van der Waals surface area contributed by atoms with Gasteiger partial charge in [-0.2, -0.15) is 0 Å². The summed E-state index contributed by atoms with van der Waals surface area (Å²) in [4.78, 5) is 24.2. The van der Waals surface area contributed by atoms with Crippen LogP contribution in [0.2, 0.25) is 5.02 Å². The molecule has 0 radical (unpaired) electrons. The fourth-order valence-electron chi connectivity index (χ4n) is 2.47. The summed E-state index contributed by atoms with van der Waals surface area (Å²) < 4.78 is 1.72. The van der Waals surface area contributed by atoms with E-state index < -0.39 is 0 Å². The highest BCUT2D eigenvalue weighted by Crippen LogP contribution is 2.17. The van der Waals surface area contributed by atoms with Crippen molar-refractivity contribution >= 4 is 34.1 Å². The zero-order valence-electron chi connectivity index (χ0n) is 12.5. The second-order valence-electron chi connectivity index (χ2n) is 5.33. The van der Waals surface area contributed by atoms with Crippen LogP contribution in [0.15, 0.2) is 59.5 Å². The smallest absolute Gasteiger partial charge is 0.244 e. The number of pyridine rings is 1. The Morgan fingerprint density at radius 2 is 1.96 bits per heavy atom. The Morgan fingerprint density at radius 3 is 2.74 bits per heavy atom. The molecule has 3 rings (SSSR count). The molecule has 3 aromatic rings. The number of halogens is 1. The predicted octanol–water partition coefficient (Wildman–Crippen LogP) is 3.60. The molecule has 0 unspecified atom stereocenters. The van der Waals surface area contributed by atoms with Gasteiger partial charge in [0.15, 0.2) is 5.43 Å². The van der Waals surface area contributed by atoms with Gasteiger partial charge in [-0.3, -0.25) is 9.59 Å². The molecule has 1 N–H and O–H groups in total. The molecule has 1 amide bonds. The number of anilines is 1. The maximum atomic E-state index is 12.3. The molecule has 4 nitrogen and oxygen atoms in total. The van der Waals surface area contributed by atoms with E-state index in [0.717, 1.165) is 11.3 Å². The number of rotatable bonds is 3. The fraction of sp³-hybridized carbons (Fsp3) is 0.111. The Morgan fingerprint density at radius 1 is 1.17 bits per heavy atom. The van der Waals surface area contributed by atoms with Crippen molar-refractivity contribution in [3.05, 3.63) is 75.5 Å². The number of benzene rings is 2. The molecule has 1 aromatic heterocycles. The molecular formula is C18H15ClN2O2. The zero-order chi connectivity index (χ0) is 16.4. The van der Waals surface area contributed by atoms with Crippen LogP contribution in [-0.2, 0) is 11.3 Å². The van der Waals surface area contributed by atoms with E-state index in [2.05, 4.69) is 5.32 Å². The first-order chi connectivity index (χ1) is 11.0. The molecule has 2 aromatic carbocycles. The summed E-state index contributed by atoms with van der Waals surface area (Å²) >= 11 is 6.01. The number of amides is 1. The van der Waals surface area contributed by atoms with Gasteiger partial charge in [-0.25, -0.2) is 0 Å². The van der Waals surface area contributed by atoms with Crippen molar-refractivity contribution in [2.24, 2.45) is 0 Å². The largest absolute Gasteiger partial charge is 0.338 e. The van der Waals surface area contributed by atoms with E-state index in [4.69, 9.17) is 11.6 Å². The molecule has 0 aliphatic carbocycles. The maximum absolute atomic E-state index is 12.3. The molecule has 23 heavy (non-hydrogen) atoms. The first-order valence-corrected chi connectivity index (χ1v) is 7.56. The molecule has 0 aliphatic rings. The van der Waals surface area contributed by atoms with Gasteiger partial charge >= 0.3 is 0 Å². The van der Waals surface area contributed by atoms with Crippen LogP contribution in [0, 0.1) is 6.92 Å². The van der Waals surface area contributed by atoms with Crippen molar-refractivity contribution in [2.45, 2.75) is 13.5 Å². The highest BCUT2D eigenvalue weighted by Gasteiger charge is 2.09. The minimum absolute atomic E-state index is 0.0905. The lowest BCUT2D eigenvalue weighted by Gasteiger charge is -2.12. The van der Waals surface area contributed by atoms with Gasteiger partial charge in [-0.1, -0.05) is 29.8 Å². The average Bonchev–Trinajstić information content (AvgIpc) is 2.52. The zero-order valence-corrected chi connectivity index (χ0v) is 13.3. The minimum atomic E-state index is -0.163. The monoisotopic (exact) mass is 326 g/mol. The second kappa shape index (κ2) is 6.26. The van der Waals surface area contributed by atoms with Crippen LogP contribution in [0.3, 0.4) is 0 Å². The van der Waals surface area contributed by atoms with Crippen molar-refractivity contribution in [3.63, 3.8) is 0 Å². The number of aromatic nitrogens is 1. The number of nitrogens with zero attached hydrogens (tertiary/aromatic N) is 1. The van der Waals surface area contributed by atoms with Crippen molar-refractivity contribution in [3.8, 4) is 0 Å². The Balaban J connectivity index is 1.91. The maximum Gasteiger partial charge on any atom is 0.244 e. The number of fused-ring (bicyclic) bond motifs is 1. The first kappa shape index (κ1) is 15.3. The van der Waals surface area contributed by atoms with E-state index in [1.54, 1.807) is 29.0 Å². The normalized spacial score (nSPS) is 10.7. The van der Waals surface area contributed by atoms with Crippen LogP contribution in [0.5, 0.6) is 0 Å². The standard InChI is InChI=1S/C18H15ClN2O2/c1-12-4-2-3-5-15(12)20-18(23)11-21-9-8-17(22)14-7-6-13(19)10-16(14)21/h2-10H,11H2,1H3,(H,20,23). The number of hydrogen-bond acceptors (Lipinski definition) is 2. The molecule has 0 fully saturated rings. The highest BCUT2D eigenvalue weighted by molar-refractivity contribution is 6.31. The van der Waals surface area contributed by atoms with E-state index in [1.165, 1.54) is 6.07 Å². The minimum Gasteiger partial charge on any atom is -0.338 e. The van der Waals surface area contributed by atoms with Gasteiger partial charge in [-0.05, 0) is 36.8 Å². The summed E-state index contributed by atoms with van der Waals surface area (Å²) in [6.45, 7) is 2.04. The van der Waals surface area contributed by atoms with Crippen LogP contribution in [0.4, 0.5) is 5.69 Å². The van der Waals surface area contributed by atoms with E-state index in [1.807, 2.05) is 31.2 Å². The molecule has 0 atom stereocenters. The summed E-state index contributed by atoms with van der Waals surface area (Å²) in [6.07, 6.45) is 1.61. The molecule has 5 heteroatoms. The summed E-state index contributed by atoms with van der Waals surface area (Å²) in [7, 11) is 0. The van der Waals surface area contributed by atoms with Gasteiger partial charge in [0.25, 0.3) is 0 Å². The number of para-hydroxylation sites is 1. The van der Waals surface area contributed by atoms with Gasteiger partial charge in [0, 0.05) is 28.4 Å². The number of aryl methyl sites for hydroxylation is 1. The Hall–Kier alpha value is -2.59. The summed E-state index contributed by atoms with van der Waals surface area (Å²) in [5.41, 5.74) is 2.33. The third-order valence-corrected chi connectivity index (χ3v) is 3.91. The first-order valence-electron chi connectivity index (χ1n) is 7.19. The average molecular weight is 327 g/mol. The summed E-state index contributed by atoms with van der Waals surface area (Å²) in [6, 6.07) is 14.1. The van der Waals surface area contributed by atoms with Crippen LogP contribution < -0.4 is 10.7 Å². The molecule has 0 saturated heterocycles. The van der Waals surface area contributed by atoms with E-state index in [9.17, 15) is 9.59 Å². The van der Waals surface area contributed by atoms with E-state index >= 15 is 0 Å². The molecule has 0 spiro atoms. The van der Waals surface area contributed by atoms with Crippen LogP contribution in [0.25, 0.3) is 10.9 Å². The van der Waals surface area contributed by atoms with Gasteiger partial charge in [-0.15, -0.1) is 0 Å². The number of carbonyl (C=O) groups is 1. The number of carbonyl (C=O) groups excluding carboxylic acids is 1. The van der Waals surface area contributed by atoms with E-state index in [-0.39, 0.29) is 17.9 Å². The molecular weight excluding hydrogens is 312 g/mol. The topological polar surface area (TPSA) is 51.1 Å². The predicted molar refractivity (Wildman–Crippen MR) is 93.0 cm³/mol. The number of nitrogens with one attached hydrogen (secondary N) is 1. The van der Waals surface area contributed by atoms with Gasteiger partial charge in [0.05, 0.1) is 5.52 Å². The quantitative estimate of drug-likeness (QED) is 0.799. The SMILES string of the molecule is Cc1ccccc1NC(=O)Cn1ccc(=O)c2ccc(Cl)cc21. The van der Waals surface area contributed by atoms with Gasteiger partial charge < -0.3 is 9.88 Å². The highest BCUT2D eigenvalue weighted by atomic mass is 35.5. The van der Waals surface area contributed by atoms with Crippen molar-refractivity contribution in [1.82, 2.24) is 4.57 Å². The Bertz CT molecular complexity index is 947. The third kappa shape index (κ3) is 3.27. The van der Waals surface area contributed by atoms with E-state index in [0.29, 0.717) is 15.9 Å². The molecule has 116 valence electrons. The lowest BCUT2D eigenvalue weighted by molar-refractivity contribution is -0.116. The lowest BCUT2D eigenvalue weighted by Crippen LogP contribution is -2.20. The van der Waals surface area contributed by atoms with Gasteiger partial charge in [0.2, 0.25) is 5.91 Å². The van der Waals surface area contributed by atoms with Crippen molar-refractivity contribution < 1.29 is 4.79 Å². The lowest BCUT2D eigenvalue weighted by atomic mass is 10.2. The van der Waals surface area contributed by atoms with Crippen LogP contribution in [-0.4, -0.2) is 10.5 Å². The summed E-state index contributed by atoms with van der Waals surface area (Å²) in [5.74, 6) is -0.163. The Kier molecular flexibility index (Phi) is 4.17. The molecule has 1 heterocycles. The molecule has 0 aliphatic heterocycles. The van der Waals surface area contributed by atoms with Crippen molar-refractivity contribution in [2.75, 3.05) is 5.32 Å². The van der Waals surface area contributed by atoms with Crippen LogP contribution in [0.1, 0.15) is 5.56 Å². The molecule has 0 bridgehead atoms. The number of hydrogen-bond donors (Lipinski definition) is 1. The third-order valence-electron chi connectivity index (χ3n) is 3.67. The summed E-state index contributed by atoms with van der Waals surface area (Å²) in [5, 5.41) is 3.95. The second-order valence-corrected chi connectivity index (χ2v) is 5.77.